The van der Waals surface area contributed by atoms with E-state index >= 15 is 0 Å². The summed E-state index contributed by atoms with van der Waals surface area (Å²) in [5.74, 6) is 0. The fourth-order valence-corrected chi connectivity index (χ4v) is 3.48. The van der Waals surface area contributed by atoms with Gasteiger partial charge in [-0.05, 0) is 42.7 Å². The molecule has 0 spiro atoms. The lowest BCUT2D eigenvalue weighted by atomic mass is 10.2. The molecule has 0 unspecified atom stereocenters. The molecular weight excluding hydrogens is 272 g/mol. The molecule has 0 saturated heterocycles. The Hall–Kier alpha value is -2.01. The zero-order valence-corrected chi connectivity index (χ0v) is 12.0. The van der Waals surface area contributed by atoms with E-state index in [4.69, 9.17) is 0 Å². The van der Waals surface area contributed by atoms with Gasteiger partial charge in [0.05, 0.1) is 10.6 Å². The molecule has 0 atom stereocenters. The average Bonchev–Trinajstić information content (AvgIpc) is 2.88. The smallest absolute Gasteiger partial charge is 0.261 e. The fourth-order valence-electron chi connectivity index (χ4n) is 2.33. The molecular formula is C15H16N2O2S. The molecule has 0 radical (unpaired) electrons. The summed E-state index contributed by atoms with van der Waals surface area (Å²) >= 11 is 0. The summed E-state index contributed by atoms with van der Waals surface area (Å²) in [7, 11) is -3.55. The third kappa shape index (κ3) is 2.36. The Balaban J connectivity index is 1.94. The minimum absolute atomic E-state index is 0.286. The van der Waals surface area contributed by atoms with Gasteiger partial charge in [-0.1, -0.05) is 24.3 Å². The lowest BCUT2D eigenvalue weighted by molar-refractivity contribution is 0.601. The van der Waals surface area contributed by atoms with E-state index in [1.165, 1.54) is 5.56 Å². The minimum atomic E-state index is -3.55. The molecule has 1 aliphatic rings. The summed E-state index contributed by atoms with van der Waals surface area (Å²) in [6, 6.07) is 12.6. The summed E-state index contributed by atoms with van der Waals surface area (Å²) in [5.41, 5.74) is 3.59. The van der Waals surface area contributed by atoms with Crippen LogP contribution in [0.2, 0.25) is 0 Å². The first-order valence-corrected chi connectivity index (χ1v) is 8.00. The third-order valence-electron chi connectivity index (χ3n) is 3.49. The van der Waals surface area contributed by atoms with Gasteiger partial charge in [-0.15, -0.1) is 0 Å². The van der Waals surface area contributed by atoms with E-state index in [2.05, 4.69) is 10.0 Å². The van der Waals surface area contributed by atoms with E-state index in [1.54, 1.807) is 18.2 Å². The molecule has 0 fully saturated rings. The van der Waals surface area contributed by atoms with Crippen LogP contribution in [0.5, 0.6) is 0 Å². The molecule has 104 valence electrons. The van der Waals surface area contributed by atoms with Gasteiger partial charge in [0.1, 0.15) is 0 Å². The second-order valence-electron chi connectivity index (χ2n) is 4.92. The van der Waals surface area contributed by atoms with Gasteiger partial charge in [0.2, 0.25) is 0 Å². The zero-order chi connectivity index (χ0) is 14.2. The number of sulfonamides is 1. The van der Waals surface area contributed by atoms with Crippen LogP contribution in [0.25, 0.3) is 0 Å². The predicted molar refractivity (Wildman–Crippen MR) is 80.6 cm³/mol. The normalized spacial score (nSPS) is 13.7. The second-order valence-corrected chi connectivity index (χ2v) is 6.60. The maximum atomic E-state index is 12.4. The number of fused-ring (bicyclic) bond motifs is 1. The van der Waals surface area contributed by atoms with E-state index in [0.717, 1.165) is 24.2 Å². The van der Waals surface area contributed by atoms with Crippen molar-refractivity contribution in [2.45, 2.75) is 18.2 Å². The number of hydrogen-bond donors (Lipinski definition) is 2. The van der Waals surface area contributed by atoms with Crippen molar-refractivity contribution < 1.29 is 8.42 Å². The van der Waals surface area contributed by atoms with Crippen molar-refractivity contribution in [3.8, 4) is 0 Å². The maximum absolute atomic E-state index is 12.4. The Morgan fingerprint density at radius 2 is 1.95 bits per heavy atom. The average molecular weight is 288 g/mol. The third-order valence-corrected chi connectivity index (χ3v) is 4.85. The van der Waals surface area contributed by atoms with Crippen molar-refractivity contribution in [1.29, 1.82) is 0 Å². The van der Waals surface area contributed by atoms with E-state index < -0.39 is 10.0 Å². The molecule has 2 aromatic carbocycles. The molecule has 4 nitrogen and oxygen atoms in total. The maximum Gasteiger partial charge on any atom is 0.261 e. The van der Waals surface area contributed by atoms with Crippen LogP contribution in [-0.2, 0) is 16.4 Å². The van der Waals surface area contributed by atoms with Crippen molar-refractivity contribution >= 4 is 21.4 Å². The van der Waals surface area contributed by atoms with Crippen molar-refractivity contribution in [3.63, 3.8) is 0 Å². The van der Waals surface area contributed by atoms with Crippen molar-refractivity contribution in [2.24, 2.45) is 0 Å². The van der Waals surface area contributed by atoms with Gasteiger partial charge in [0.25, 0.3) is 10.0 Å². The van der Waals surface area contributed by atoms with Gasteiger partial charge in [-0.3, -0.25) is 4.72 Å². The number of rotatable bonds is 3. The van der Waals surface area contributed by atoms with Crippen molar-refractivity contribution in [1.82, 2.24) is 0 Å². The van der Waals surface area contributed by atoms with Crippen LogP contribution in [0.4, 0.5) is 11.4 Å². The van der Waals surface area contributed by atoms with E-state index in [-0.39, 0.29) is 4.90 Å². The number of para-hydroxylation sites is 1. The Bertz CT molecular complexity index is 754. The number of aryl methyl sites for hydroxylation is 1. The number of anilines is 2. The van der Waals surface area contributed by atoms with Crippen molar-refractivity contribution in [3.05, 3.63) is 53.6 Å². The van der Waals surface area contributed by atoms with Gasteiger partial charge in [-0.25, -0.2) is 8.42 Å². The highest BCUT2D eigenvalue weighted by Crippen LogP contribution is 2.27. The van der Waals surface area contributed by atoms with Gasteiger partial charge >= 0.3 is 0 Å². The molecule has 0 saturated carbocycles. The second kappa shape index (κ2) is 4.83. The highest BCUT2D eigenvalue weighted by molar-refractivity contribution is 7.92. The zero-order valence-electron chi connectivity index (χ0n) is 11.2. The molecule has 0 aliphatic carbocycles. The van der Waals surface area contributed by atoms with Crippen LogP contribution < -0.4 is 10.0 Å². The van der Waals surface area contributed by atoms with Crippen LogP contribution in [0, 0.1) is 6.92 Å². The predicted octanol–water partition coefficient (Wildman–Crippen LogP) is 2.76. The first kappa shape index (κ1) is 13.0. The van der Waals surface area contributed by atoms with E-state index in [1.807, 2.05) is 31.2 Å². The summed E-state index contributed by atoms with van der Waals surface area (Å²) < 4.78 is 27.5. The van der Waals surface area contributed by atoms with Gasteiger partial charge < -0.3 is 5.32 Å². The molecule has 1 heterocycles. The van der Waals surface area contributed by atoms with Crippen molar-refractivity contribution in [2.75, 3.05) is 16.6 Å². The SMILES string of the molecule is Cc1ccccc1NS(=O)(=O)c1ccc2c(c1)NCC2. The molecule has 2 N–H and O–H groups in total. The summed E-state index contributed by atoms with van der Waals surface area (Å²) in [6.07, 6.45) is 0.945. The Morgan fingerprint density at radius 1 is 1.15 bits per heavy atom. The minimum Gasteiger partial charge on any atom is -0.384 e. The molecule has 3 rings (SSSR count). The topological polar surface area (TPSA) is 58.2 Å². The number of hydrogen-bond acceptors (Lipinski definition) is 3. The molecule has 0 aromatic heterocycles. The monoisotopic (exact) mass is 288 g/mol. The molecule has 1 aliphatic heterocycles. The summed E-state index contributed by atoms with van der Waals surface area (Å²) in [5, 5.41) is 3.20. The van der Waals surface area contributed by atoms with Crippen LogP contribution in [-0.4, -0.2) is 15.0 Å². The van der Waals surface area contributed by atoms with Crippen LogP contribution >= 0.6 is 0 Å². The van der Waals surface area contributed by atoms with Crippen LogP contribution in [0.3, 0.4) is 0 Å². The first-order valence-electron chi connectivity index (χ1n) is 6.51. The summed E-state index contributed by atoms with van der Waals surface area (Å²) in [4.78, 5) is 0.286. The molecule has 0 bridgehead atoms. The Labute approximate surface area is 118 Å². The highest BCUT2D eigenvalue weighted by Gasteiger charge is 2.18. The van der Waals surface area contributed by atoms with Gasteiger partial charge in [0.15, 0.2) is 0 Å². The van der Waals surface area contributed by atoms with Crippen LogP contribution in [0.15, 0.2) is 47.4 Å². The van der Waals surface area contributed by atoms with Gasteiger partial charge in [0, 0.05) is 12.2 Å². The molecule has 2 aromatic rings. The Morgan fingerprint density at radius 3 is 2.75 bits per heavy atom. The van der Waals surface area contributed by atoms with Gasteiger partial charge in [-0.2, -0.15) is 0 Å². The fraction of sp³-hybridized carbons (Fsp3) is 0.200. The molecule has 0 amide bonds. The molecule has 5 heteroatoms. The first-order chi connectivity index (χ1) is 9.56. The largest absolute Gasteiger partial charge is 0.384 e. The highest BCUT2D eigenvalue weighted by atomic mass is 32.2. The van der Waals surface area contributed by atoms with E-state index in [0.29, 0.717) is 5.69 Å². The lowest BCUT2D eigenvalue weighted by Gasteiger charge is -2.11. The van der Waals surface area contributed by atoms with Crippen LogP contribution in [0.1, 0.15) is 11.1 Å². The number of nitrogens with one attached hydrogen (secondary N) is 2. The quantitative estimate of drug-likeness (QED) is 0.913. The summed E-state index contributed by atoms with van der Waals surface area (Å²) in [6.45, 7) is 2.74. The lowest BCUT2D eigenvalue weighted by Crippen LogP contribution is -2.13. The molecule has 20 heavy (non-hydrogen) atoms. The standard InChI is InChI=1S/C15H16N2O2S/c1-11-4-2-3-5-14(11)17-20(18,19)13-7-6-12-8-9-16-15(12)10-13/h2-7,10,16-17H,8-9H2,1H3. The Kier molecular flexibility index (Phi) is 3.14. The van der Waals surface area contributed by atoms with E-state index in [9.17, 15) is 8.42 Å². The number of benzene rings is 2.